The van der Waals surface area contributed by atoms with E-state index in [1.165, 1.54) is 16.4 Å². The molecule has 32 heavy (non-hydrogen) atoms. The van der Waals surface area contributed by atoms with Gasteiger partial charge in [0.1, 0.15) is 0 Å². The highest BCUT2D eigenvalue weighted by molar-refractivity contribution is 7.89. The molecule has 1 amide bonds. The van der Waals surface area contributed by atoms with Crippen LogP contribution in [0.5, 0.6) is 0 Å². The number of sulfonamides is 1. The molecule has 0 unspecified atom stereocenters. The van der Waals surface area contributed by atoms with E-state index in [-0.39, 0.29) is 17.3 Å². The molecule has 2 aromatic rings. The number of anilines is 1. The van der Waals surface area contributed by atoms with Crippen LogP contribution in [0.4, 0.5) is 5.69 Å². The molecule has 0 atom stereocenters. The molecule has 1 aliphatic rings. The molecular weight excluding hydrogens is 428 g/mol. The summed E-state index contributed by atoms with van der Waals surface area (Å²) in [5, 5.41) is 11.9. The lowest BCUT2D eigenvalue weighted by molar-refractivity contribution is -0.117. The van der Waals surface area contributed by atoms with E-state index in [4.69, 9.17) is 10.00 Å². The highest BCUT2D eigenvalue weighted by Crippen LogP contribution is 2.20. The van der Waals surface area contributed by atoms with Gasteiger partial charge in [-0.3, -0.25) is 9.69 Å². The van der Waals surface area contributed by atoms with E-state index in [2.05, 4.69) is 18.0 Å². The van der Waals surface area contributed by atoms with Crippen molar-refractivity contribution in [2.24, 2.45) is 0 Å². The first-order valence-corrected chi connectivity index (χ1v) is 11.7. The molecular formula is C23H26N4O4S. The number of morpholine rings is 1. The Morgan fingerprint density at radius 1 is 1.22 bits per heavy atom. The van der Waals surface area contributed by atoms with E-state index in [0.29, 0.717) is 50.6 Å². The van der Waals surface area contributed by atoms with Gasteiger partial charge in [-0.25, -0.2) is 8.42 Å². The number of carbonyl (C=O) groups excluding carboxylic acids is 1. The summed E-state index contributed by atoms with van der Waals surface area (Å²) in [6.45, 7) is 6.14. The lowest BCUT2D eigenvalue weighted by Gasteiger charge is -2.26. The number of carbonyl (C=O) groups is 1. The van der Waals surface area contributed by atoms with Crippen LogP contribution in [-0.2, 0) is 26.1 Å². The van der Waals surface area contributed by atoms with Crippen molar-refractivity contribution in [2.45, 2.75) is 11.4 Å². The van der Waals surface area contributed by atoms with Crippen molar-refractivity contribution in [1.82, 2.24) is 9.21 Å². The minimum absolute atomic E-state index is 0.0866. The molecule has 9 heteroatoms. The molecule has 1 aliphatic heterocycles. The Kier molecular flexibility index (Phi) is 8.14. The van der Waals surface area contributed by atoms with Gasteiger partial charge >= 0.3 is 0 Å². The van der Waals surface area contributed by atoms with Crippen LogP contribution in [0.1, 0.15) is 11.1 Å². The maximum Gasteiger partial charge on any atom is 0.243 e. The van der Waals surface area contributed by atoms with Crippen LogP contribution in [0.2, 0.25) is 0 Å². The molecule has 8 nitrogen and oxygen atoms in total. The van der Waals surface area contributed by atoms with E-state index >= 15 is 0 Å². The summed E-state index contributed by atoms with van der Waals surface area (Å²) in [7, 11) is -3.65. The number of amides is 1. The van der Waals surface area contributed by atoms with Gasteiger partial charge in [-0.15, -0.1) is 6.58 Å². The fourth-order valence-corrected chi connectivity index (χ4v) is 4.89. The third kappa shape index (κ3) is 6.24. The summed E-state index contributed by atoms with van der Waals surface area (Å²) in [5.74, 6) is -0.274. The molecule has 0 saturated carbocycles. The summed E-state index contributed by atoms with van der Waals surface area (Å²) in [6, 6.07) is 15.6. The van der Waals surface area contributed by atoms with Crippen LogP contribution >= 0.6 is 0 Å². The molecule has 0 radical (unpaired) electrons. The molecule has 1 heterocycles. The lowest BCUT2D eigenvalue weighted by Crippen LogP contribution is -2.40. The summed E-state index contributed by atoms with van der Waals surface area (Å²) in [5.41, 5.74) is 1.88. The molecule has 0 aliphatic carbocycles. The van der Waals surface area contributed by atoms with Crippen molar-refractivity contribution >= 4 is 21.6 Å². The average Bonchev–Trinajstić information content (AvgIpc) is 2.80. The van der Waals surface area contributed by atoms with Gasteiger partial charge in [0.15, 0.2) is 0 Å². The topological polar surface area (TPSA) is 103 Å². The maximum absolute atomic E-state index is 12.9. The predicted octanol–water partition coefficient (Wildman–Crippen LogP) is 2.21. The van der Waals surface area contributed by atoms with E-state index < -0.39 is 10.0 Å². The minimum Gasteiger partial charge on any atom is -0.379 e. The van der Waals surface area contributed by atoms with Crippen molar-refractivity contribution in [3.05, 3.63) is 72.3 Å². The third-order valence-corrected chi connectivity index (χ3v) is 6.84. The number of ether oxygens (including phenoxy) is 1. The highest BCUT2D eigenvalue weighted by Gasteiger charge is 2.26. The average molecular weight is 455 g/mol. The number of nitrogens with one attached hydrogen (secondary N) is 1. The number of benzene rings is 2. The van der Waals surface area contributed by atoms with Crippen molar-refractivity contribution in [2.75, 3.05) is 44.7 Å². The quantitative estimate of drug-likeness (QED) is 0.583. The Hall–Kier alpha value is -3.03. The molecule has 3 rings (SSSR count). The van der Waals surface area contributed by atoms with Gasteiger partial charge in [0, 0.05) is 31.9 Å². The number of hydrogen-bond acceptors (Lipinski definition) is 6. The van der Waals surface area contributed by atoms with E-state index in [1.807, 2.05) is 11.0 Å². The van der Waals surface area contributed by atoms with Crippen LogP contribution in [-0.4, -0.2) is 62.9 Å². The minimum atomic E-state index is -3.65. The van der Waals surface area contributed by atoms with Gasteiger partial charge in [0.25, 0.3) is 0 Å². The van der Waals surface area contributed by atoms with Crippen LogP contribution < -0.4 is 5.32 Å². The van der Waals surface area contributed by atoms with Crippen molar-refractivity contribution in [3.8, 4) is 6.07 Å². The molecule has 2 aromatic carbocycles. The SMILES string of the molecule is C=CCN(CC(=O)Nc1cccc(S(=O)(=O)N2CCOCC2)c1)Cc1cccc(C#N)c1. The second-order valence-electron chi connectivity index (χ2n) is 7.36. The predicted molar refractivity (Wildman–Crippen MR) is 121 cm³/mol. The van der Waals surface area contributed by atoms with Crippen molar-refractivity contribution in [3.63, 3.8) is 0 Å². The van der Waals surface area contributed by atoms with Crippen LogP contribution in [0.15, 0.2) is 66.1 Å². The van der Waals surface area contributed by atoms with Crippen LogP contribution in [0, 0.1) is 11.3 Å². The van der Waals surface area contributed by atoms with Gasteiger partial charge < -0.3 is 10.1 Å². The Balaban J connectivity index is 1.67. The maximum atomic E-state index is 12.9. The molecule has 1 N–H and O–H groups in total. The smallest absolute Gasteiger partial charge is 0.243 e. The van der Waals surface area contributed by atoms with Gasteiger partial charge in [0.2, 0.25) is 15.9 Å². The Labute approximate surface area is 188 Å². The fourth-order valence-electron chi connectivity index (χ4n) is 3.44. The molecule has 0 bridgehead atoms. The van der Waals surface area contributed by atoms with E-state index in [1.54, 1.807) is 36.4 Å². The Morgan fingerprint density at radius 2 is 1.97 bits per heavy atom. The van der Waals surface area contributed by atoms with Crippen molar-refractivity contribution in [1.29, 1.82) is 5.26 Å². The summed E-state index contributed by atoms with van der Waals surface area (Å²) >= 11 is 0. The van der Waals surface area contributed by atoms with Gasteiger partial charge in [-0.05, 0) is 35.9 Å². The molecule has 0 spiro atoms. The van der Waals surface area contributed by atoms with Crippen LogP contribution in [0.3, 0.4) is 0 Å². The largest absolute Gasteiger partial charge is 0.379 e. The molecule has 1 saturated heterocycles. The molecule has 168 valence electrons. The first-order valence-electron chi connectivity index (χ1n) is 10.2. The second-order valence-corrected chi connectivity index (χ2v) is 9.30. The van der Waals surface area contributed by atoms with Crippen molar-refractivity contribution < 1.29 is 17.9 Å². The standard InChI is InChI=1S/C23H26N4O4S/c1-2-9-26(17-20-6-3-5-19(14-20)16-24)18-23(28)25-21-7-4-8-22(15-21)32(29,30)27-10-12-31-13-11-27/h2-8,14-15H,1,9-13,17-18H2,(H,25,28). The first-order chi connectivity index (χ1) is 15.4. The zero-order valence-electron chi connectivity index (χ0n) is 17.7. The van der Waals surface area contributed by atoms with E-state index in [9.17, 15) is 13.2 Å². The van der Waals surface area contributed by atoms with Gasteiger partial charge in [-0.1, -0.05) is 24.3 Å². The molecule has 1 fully saturated rings. The first kappa shape index (κ1) is 23.6. The number of nitrogens with zero attached hydrogens (tertiary/aromatic N) is 3. The lowest BCUT2D eigenvalue weighted by atomic mass is 10.1. The zero-order chi connectivity index (χ0) is 23.0. The fraction of sp³-hybridized carbons (Fsp3) is 0.304. The van der Waals surface area contributed by atoms with Gasteiger partial charge in [-0.2, -0.15) is 9.57 Å². The Bertz CT molecular complexity index is 1100. The van der Waals surface area contributed by atoms with E-state index in [0.717, 1.165) is 5.56 Å². The number of nitriles is 1. The summed E-state index contributed by atoms with van der Waals surface area (Å²) < 4.78 is 32.3. The zero-order valence-corrected chi connectivity index (χ0v) is 18.6. The monoisotopic (exact) mass is 454 g/mol. The van der Waals surface area contributed by atoms with Gasteiger partial charge in [0.05, 0.1) is 36.3 Å². The third-order valence-electron chi connectivity index (χ3n) is 4.94. The van der Waals surface area contributed by atoms with Crippen LogP contribution in [0.25, 0.3) is 0 Å². The number of rotatable bonds is 9. The second kappa shape index (κ2) is 11.0. The molecule has 0 aromatic heterocycles. The Morgan fingerprint density at radius 3 is 2.69 bits per heavy atom. The summed E-state index contributed by atoms with van der Waals surface area (Å²) in [4.78, 5) is 14.7. The highest BCUT2D eigenvalue weighted by atomic mass is 32.2. The normalized spacial score (nSPS) is 14.6. The summed E-state index contributed by atoms with van der Waals surface area (Å²) in [6.07, 6.45) is 1.71. The number of hydrogen-bond donors (Lipinski definition) is 1.